The van der Waals surface area contributed by atoms with Gasteiger partial charge in [-0.2, -0.15) is 0 Å². The molecule has 2 N–H and O–H groups in total. The predicted octanol–water partition coefficient (Wildman–Crippen LogP) is 3.55. The third-order valence-corrected chi connectivity index (χ3v) is 5.76. The standard InChI is InChI=1S/C18H23N3O3S/c1-13-11-16(8-9-17(13)24-2)25(22,23)21-18-10-7-15(12-19-18)20-14-5-3-4-6-14/h7-12,14,20H,3-6H2,1-2H3,(H,19,21). The summed E-state index contributed by atoms with van der Waals surface area (Å²) in [5.74, 6) is 0.949. The molecule has 0 spiro atoms. The monoisotopic (exact) mass is 361 g/mol. The molecule has 0 atom stereocenters. The number of anilines is 2. The molecule has 0 unspecified atom stereocenters. The fraction of sp³-hybridized carbons (Fsp3) is 0.389. The van der Waals surface area contributed by atoms with Gasteiger partial charge in [-0.15, -0.1) is 0 Å². The van der Waals surface area contributed by atoms with E-state index in [9.17, 15) is 8.42 Å². The SMILES string of the molecule is COc1ccc(S(=O)(=O)Nc2ccc(NC3CCCC3)cn2)cc1C. The molecule has 1 aromatic heterocycles. The largest absolute Gasteiger partial charge is 0.496 e. The second kappa shape index (κ2) is 7.31. The molecule has 134 valence electrons. The maximum absolute atomic E-state index is 12.5. The smallest absolute Gasteiger partial charge is 0.263 e. The normalized spacial score (nSPS) is 15.1. The van der Waals surface area contributed by atoms with Crippen LogP contribution in [0, 0.1) is 6.92 Å². The van der Waals surface area contributed by atoms with Gasteiger partial charge in [-0.3, -0.25) is 4.72 Å². The summed E-state index contributed by atoms with van der Waals surface area (Å²) in [5, 5.41) is 3.43. The lowest BCUT2D eigenvalue weighted by atomic mass is 10.2. The van der Waals surface area contributed by atoms with Gasteiger partial charge in [-0.05, 0) is 55.7 Å². The van der Waals surface area contributed by atoms with Gasteiger partial charge in [0.05, 0.1) is 23.9 Å². The van der Waals surface area contributed by atoms with Crippen molar-refractivity contribution in [3.63, 3.8) is 0 Å². The maximum atomic E-state index is 12.5. The number of sulfonamides is 1. The second-order valence-corrected chi connectivity index (χ2v) is 7.98. The molecule has 1 saturated carbocycles. The van der Waals surface area contributed by atoms with Crippen molar-refractivity contribution < 1.29 is 13.2 Å². The van der Waals surface area contributed by atoms with E-state index < -0.39 is 10.0 Å². The molecule has 0 bridgehead atoms. The number of pyridine rings is 1. The molecule has 0 saturated heterocycles. The highest BCUT2D eigenvalue weighted by molar-refractivity contribution is 7.92. The molecule has 3 rings (SSSR count). The minimum Gasteiger partial charge on any atom is -0.496 e. The molecule has 0 radical (unpaired) electrons. The Balaban J connectivity index is 1.71. The van der Waals surface area contributed by atoms with E-state index in [1.807, 2.05) is 6.07 Å². The Bertz CT molecular complexity index is 829. The van der Waals surface area contributed by atoms with Crippen molar-refractivity contribution in [2.45, 2.75) is 43.5 Å². The fourth-order valence-electron chi connectivity index (χ4n) is 3.06. The van der Waals surface area contributed by atoms with Crippen molar-refractivity contribution in [2.24, 2.45) is 0 Å². The van der Waals surface area contributed by atoms with Crippen LogP contribution in [-0.2, 0) is 10.0 Å². The molecule has 6 nitrogen and oxygen atoms in total. The van der Waals surface area contributed by atoms with Crippen LogP contribution in [0.25, 0.3) is 0 Å². The number of benzene rings is 1. The molecule has 1 heterocycles. The van der Waals surface area contributed by atoms with E-state index in [0.717, 1.165) is 11.3 Å². The summed E-state index contributed by atoms with van der Waals surface area (Å²) in [7, 11) is -2.13. The number of methoxy groups -OCH3 is 1. The lowest BCUT2D eigenvalue weighted by Crippen LogP contribution is -2.16. The highest BCUT2D eigenvalue weighted by Gasteiger charge is 2.17. The number of aromatic nitrogens is 1. The minimum absolute atomic E-state index is 0.181. The molecule has 1 aliphatic rings. The summed E-state index contributed by atoms with van der Waals surface area (Å²) in [6.07, 6.45) is 6.51. The third-order valence-electron chi connectivity index (χ3n) is 4.40. The molecule has 1 aliphatic carbocycles. The quantitative estimate of drug-likeness (QED) is 0.822. The molecule has 0 amide bonds. The van der Waals surface area contributed by atoms with Crippen LogP contribution in [0.3, 0.4) is 0 Å². The van der Waals surface area contributed by atoms with Crippen molar-refractivity contribution in [3.05, 3.63) is 42.1 Å². The van der Waals surface area contributed by atoms with Crippen LogP contribution in [-0.4, -0.2) is 26.6 Å². The van der Waals surface area contributed by atoms with E-state index in [1.165, 1.54) is 31.7 Å². The number of nitrogens with one attached hydrogen (secondary N) is 2. The Morgan fingerprint density at radius 1 is 1.16 bits per heavy atom. The minimum atomic E-state index is -3.68. The van der Waals surface area contributed by atoms with Crippen molar-refractivity contribution in [3.8, 4) is 5.75 Å². The molecule has 25 heavy (non-hydrogen) atoms. The zero-order valence-corrected chi connectivity index (χ0v) is 15.3. The summed E-state index contributed by atoms with van der Waals surface area (Å²) < 4.78 is 32.7. The highest BCUT2D eigenvalue weighted by atomic mass is 32.2. The van der Waals surface area contributed by atoms with Gasteiger partial charge in [0.15, 0.2) is 0 Å². The zero-order chi connectivity index (χ0) is 17.9. The summed E-state index contributed by atoms with van der Waals surface area (Å²) in [6.45, 7) is 1.81. The van der Waals surface area contributed by atoms with Gasteiger partial charge in [0.2, 0.25) is 0 Å². The Labute approximate surface area is 148 Å². The van der Waals surface area contributed by atoms with E-state index in [0.29, 0.717) is 17.6 Å². The van der Waals surface area contributed by atoms with Gasteiger partial charge < -0.3 is 10.1 Å². The molecular weight excluding hydrogens is 338 g/mol. The van der Waals surface area contributed by atoms with Crippen LogP contribution in [0.4, 0.5) is 11.5 Å². The van der Waals surface area contributed by atoms with Crippen molar-refractivity contribution in [2.75, 3.05) is 17.1 Å². The van der Waals surface area contributed by atoms with E-state index >= 15 is 0 Å². The zero-order valence-electron chi connectivity index (χ0n) is 14.5. The highest BCUT2D eigenvalue weighted by Crippen LogP contribution is 2.24. The van der Waals surface area contributed by atoms with Crippen LogP contribution in [0.2, 0.25) is 0 Å². The Morgan fingerprint density at radius 3 is 2.52 bits per heavy atom. The first-order valence-electron chi connectivity index (χ1n) is 8.38. The Morgan fingerprint density at radius 2 is 1.92 bits per heavy atom. The van der Waals surface area contributed by atoms with Gasteiger partial charge in [0, 0.05) is 6.04 Å². The summed E-state index contributed by atoms with van der Waals surface area (Å²) in [4.78, 5) is 4.39. The summed E-state index contributed by atoms with van der Waals surface area (Å²) >= 11 is 0. The molecule has 1 fully saturated rings. The first kappa shape index (κ1) is 17.5. The molecule has 7 heteroatoms. The maximum Gasteiger partial charge on any atom is 0.263 e. The number of ether oxygens (including phenoxy) is 1. The fourth-order valence-corrected chi connectivity index (χ4v) is 4.15. The Hall–Kier alpha value is -2.28. The third kappa shape index (κ3) is 4.22. The Kier molecular flexibility index (Phi) is 5.13. The van der Waals surface area contributed by atoms with Crippen molar-refractivity contribution in [1.82, 2.24) is 4.98 Å². The topological polar surface area (TPSA) is 80.3 Å². The predicted molar refractivity (Wildman–Crippen MR) is 98.7 cm³/mol. The van der Waals surface area contributed by atoms with Crippen LogP contribution >= 0.6 is 0 Å². The van der Waals surface area contributed by atoms with Gasteiger partial charge in [-0.25, -0.2) is 13.4 Å². The first-order valence-corrected chi connectivity index (χ1v) is 9.86. The van der Waals surface area contributed by atoms with Crippen LogP contribution in [0.1, 0.15) is 31.2 Å². The number of hydrogen-bond acceptors (Lipinski definition) is 5. The molecule has 2 aromatic rings. The first-order chi connectivity index (χ1) is 12.0. The summed E-state index contributed by atoms with van der Waals surface area (Å²) in [6, 6.07) is 8.76. The summed E-state index contributed by atoms with van der Waals surface area (Å²) in [5.41, 5.74) is 1.67. The number of hydrogen-bond donors (Lipinski definition) is 2. The number of rotatable bonds is 6. The van der Waals surface area contributed by atoms with Gasteiger partial charge in [0.1, 0.15) is 11.6 Å². The second-order valence-electron chi connectivity index (χ2n) is 6.29. The number of nitrogens with zero attached hydrogens (tertiary/aromatic N) is 1. The number of aryl methyl sites for hydroxylation is 1. The van der Waals surface area contributed by atoms with Crippen LogP contribution in [0.5, 0.6) is 5.75 Å². The van der Waals surface area contributed by atoms with E-state index in [2.05, 4.69) is 15.0 Å². The average molecular weight is 361 g/mol. The van der Waals surface area contributed by atoms with Crippen LogP contribution in [0.15, 0.2) is 41.4 Å². The van der Waals surface area contributed by atoms with E-state index in [1.54, 1.807) is 38.4 Å². The lowest BCUT2D eigenvalue weighted by Gasteiger charge is -2.14. The van der Waals surface area contributed by atoms with Gasteiger partial charge in [0.25, 0.3) is 10.0 Å². The lowest BCUT2D eigenvalue weighted by molar-refractivity contribution is 0.411. The molecule has 0 aliphatic heterocycles. The van der Waals surface area contributed by atoms with E-state index in [-0.39, 0.29) is 4.90 Å². The van der Waals surface area contributed by atoms with E-state index in [4.69, 9.17) is 4.74 Å². The van der Waals surface area contributed by atoms with Crippen molar-refractivity contribution >= 4 is 21.5 Å². The van der Waals surface area contributed by atoms with Crippen LogP contribution < -0.4 is 14.8 Å². The molecule has 1 aromatic carbocycles. The average Bonchev–Trinajstić information content (AvgIpc) is 3.09. The van der Waals surface area contributed by atoms with Gasteiger partial charge in [-0.1, -0.05) is 12.8 Å². The van der Waals surface area contributed by atoms with Gasteiger partial charge >= 0.3 is 0 Å². The molecular formula is C18H23N3O3S. The van der Waals surface area contributed by atoms with Crippen molar-refractivity contribution in [1.29, 1.82) is 0 Å².